The van der Waals surface area contributed by atoms with Crippen molar-refractivity contribution in [2.45, 2.75) is 25.3 Å². The number of nitrogens with two attached hydrogens (primary N) is 1. The van der Waals surface area contributed by atoms with Crippen molar-refractivity contribution < 1.29 is 9.90 Å². The Balaban J connectivity index is 1.99. The van der Waals surface area contributed by atoms with Crippen molar-refractivity contribution >= 4 is 17.3 Å². The minimum Gasteiger partial charge on any atom is -0.396 e. The van der Waals surface area contributed by atoms with Crippen LogP contribution in [0.2, 0.25) is 0 Å². The number of aliphatic hydroxyl groups is 1. The third kappa shape index (κ3) is 3.05. The number of nitrogens with zero attached hydrogens (tertiary/aromatic N) is 1. The molecule has 5 heteroatoms. The Hall–Kier alpha value is -1.59. The van der Waals surface area contributed by atoms with Crippen LogP contribution in [0.5, 0.6) is 0 Å². The zero-order valence-corrected chi connectivity index (χ0v) is 11.2. The minimum atomic E-state index is -0.543. The summed E-state index contributed by atoms with van der Waals surface area (Å²) < 4.78 is 0. The molecule has 1 aromatic rings. The van der Waals surface area contributed by atoms with Gasteiger partial charge in [-0.2, -0.15) is 0 Å². The lowest BCUT2D eigenvalue weighted by molar-refractivity contribution is -0.116. The van der Waals surface area contributed by atoms with Crippen LogP contribution >= 0.6 is 0 Å². The molecule has 0 saturated carbocycles. The normalized spacial score (nSPS) is 17.2. The van der Waals surface area contributed by atoms with E-state index in [0.29, 0.717) is 0 Å². The molecule has 0 bridgehead atoms. The first-order chi connectivity index (χ1) is 9.13. The SMILES string of the molecule is CN(CCCCCO)c1ccc2c(c1)NC(=O)C2N. The van der Waals surface area contributed by atoms with Crippen LogP contribution in [0.25, 0.3) is 0 Å². The van der Waals surface area contributed by atoms with Crippen LogP contribution in [0.4, 0.5) is 11.4 Å². The molecule has 1 unspecified atom stereocenters. The van der Waals surface area contributed by atoms with Gasteiger partial charge in [0.15, 0.2) is 0 Å². The maximum absolute atomic E-state index is 11.5. The van der Waals surface area contributed by atoms with Crippen molar-refractivity contribution in [3.05, 3.63) is 23.8 Å². The number of carbonyl (C=O) groups excluding carboxylic acids is 1. The molecular weight excluding hydrogens is 242 g/mol. The third-order valence-electron chi connectivity index (χ3n) is 3.50. The number of hydrogen-bond acceptors (Lipinski definition) is 4. The van der Waals surface area contributed by atoms with E-state index in [9.17, 15) is 4.79 Å². The summed E-state index contributed by atoms with van der Waals surface area (Å²) in [5, 5.41) is 11.5. The first-order valence-electron chi connectivity index (χ1n) is 6.66. The van der Waals surface area contributed by atoms with Crippen LogP contribution in [0.15, 0.2) is 18.2 Å². The van der Waals surface area contributed by atoms with Gasteiger partial charge in [0.05, 0.1) is 0 Å². The molecule has 5 nitrogen and oxygen atoms in total. The van der Waals surface area contributed by atoms with E-state index in [2.05, 4.69) is 10.2 Å². The monoisotopic (exact) mass is 263 g/mol. The molecule has 1 aliphatic heterocycles. The van der Waals surface area contributed by atoms with E-state index in [-0.39, 0.29) is 12.5 Å². The van der Waals surface area contributed by atoms with E-state index < -0.39 is 6.04 Å². The van der Waals surface area contributed by atoms with Crippen molar-refractivity contribution in [1.29, 1.82) is 0 Å². The average molecular weight is 263 g/mol. The molecular formula is C14H21N3O2. The van der Waals surface area contributed by atoms with Crippen molar-refractivity contribution in [2.75, 3.05) is 30.4 Å². The van der Waals surface area contributed by atoms with Gasteiger partial charge in [-0.25, -0.2) is 0 Å². The van der Waals surface area contributed by atoms with Crippen molar-refractivity contribution in [1.82, 2.24) is 0 Å². The van der Waals surface area contributed by atoms with Gasteiger partial charge < -0.3 is 21.1 Å². The smallest absolute Gasteiger partial charge is 0.245 e. The van der Waals surface area contributed by atoms with Crippen LogP contribution in [0.1, 0.15) is 30.9 Å². The first-order valence-corrected chi connectivity index (χ1v) is 6.66. The molecule has 0 aliphatic carbocycles. The number of fused-ring (bicyclic) bond motifs is 1. The molecule has 1 aromatic carbocycles. The van der Waals surface area contributed by atoms with Gasteiger partial charge in [-0.3, -0.25) is 4.79 Å². The second kappa shape index (κ2) is 6.04. The number of benzene rings is 1. The fourth-order valence-electron chi connectivity index (χ4n) is 2.28. The van der Waals surface area contributed by atoms with Crippen molar-refractivity contribution in [2.24, 2.45) is 5.73 Å². The highest BCUT2D eigenvalue weighted by molar-refractivity contribution is 6.02. The predicted molar refractivity (Wildman–Crippen MR) is 76.2 cm³/mol. The second-order valence-corrected chi connectivity index (χ2v) is 4.94. The highest BCUT2D eigenvalue weighted by atomic mass is 16.2. The molecule has 1 amide bonds. The van der Waals surface area contributed by atoms with Gasteiger partial charge >= 0.3 is 0 Å². The third-order valence-corrected chi connectivity index (χ3v) is 3.50. The first kappa shape index (κ1) is 13.8. The van der Waals surface area contributed by atoms with E-state index in [1.54, 1.807) is 0 Å². The lowest BCUT2D eigenvalue weighted by Crippen LogP contribution is -2.19. The largest absolute Gasteiger partial charge is 0.396 e. The van der Waals surface area contributed by atoms with Crippen LogP contribution in [0, 0.1) is 0 Å². The molecule has 2 rings (SSSR count). The second-order valence-electron chi connectivity index (χ2n) is 4.94. The molecule has 1 aliphatic rings. The van der Waals surface area contributed by atoms with Crippen LogP contribution < -0.4 is 16.0 Å². The van der Waals surface area contributed by atoms with E-state index in [4.69, 9.17) is 10.8 Å². The fraction of sp³-hybridized carbons (Fsp3) is 0.500. The van der Waals surface area contributed by atoms with E-state index in [0.717, 1.165) is 42.7 Å². The zero-order valence-electron chi connectivity index (χ0n) is 11.2. The lowest BCUT2D eigenvalue weighted by atomic mass is 10.1. The Labute approximate surface area is 113 Å². The highest BCUT2D eigenvalue weighted by Crippen LogP contribution is 2.32. The summed E-state index contributed by atoms with van der Waals surface area (Å²) in [6.45, 7) is 1.19. The zero-order chi connectivity index (χ0) is 13.8. The van der Waals surface area contributed by atoms with E-state index in [1.807, 2.05) is 25.2 Å². The number of amides is 1. The number of rotatable bonds is 6. The topological polar surface area (TPSA) is 78.6 Å². The molecule has 4 N–H and O–H groups in total. The highest BCUT2D eigenvalue weighted by Gasteiger charge is 2.27. The Kier molecular flexibility index (Phi) is 4.39. The minimum absolute atomic E-state index is 0.141. The number of anilines is 2. The lowest BCUT2D eigenvalue weighted by Gasteiger charge is -2.20. The maximum atomic E-state index is 11.5. The van der Waals surface area contributed by atoms with Gasteiger partial charge in [0.1, 0.15) is 6.04 Å². The summed E-state index contributed by atoms with van der Waals surface area (Å²) in [6, 6.07) is 5.33. The van der Waals surface area contributed by atoms with E-state index in [1.165, 1.54) is 0 Å². The molecule has 0 saturated heterocycles. The molecule has 19 heavy (non-hydrogen) atoms. The van der Waals surface area contributed by atoms with E-state index >= 15 is 0 Å². The number of carbonyl (C=O) groups is 1. The Morgan fingerprint density at radius 3 is 2.89 bits per heavy atom. The Morgan fingerprint density at radius 1 is 1.37 bits per heavy atom. The summed E-state index contributed by atoms with van der Waals surface area (Å²) in [6.07, 6.45) is 2.91. The fourth-order valence-corrected chi connectivity index (χ4v) is 2.28. The molecule has 1 heterocycles. The number of hydrogen-bond donors (Lipinski definition) is 3. The summed E-state index contributed by atoms with van der Waals surface area (Å²) >= 11 is 0. The summed E-state index contributed by atoms with van der Waals surface area (Å²) in [5.41, 5.74) is 8.53. The predicted octanol–water partition coefficient (Wildman–Crippen LogP) is 1.24. The number of nitrogens with one attached hydrogen (secondary N) is 1. The molecule has 0 aromatic heterocycles. The molecule has 1 atom stereocenters. The molecule has 0 radical (unpaired) electrons. The van der Waals surface area contributed by atoms with Gasteiger partial charge in [0.2, 0.25) is 5.91 Å². The summed E-state index contributed by atoms with van der Waals surface area (Å²) in [7, 11) is 2.03. The maximum Gasteiger partial charge on any atom is 0.245 e. The van der Waals surface area contributed by atoms with Crippen LogP contribution in [-0.4, -0.2) is 31.2 Å². The Morgan fingerprint density at radius 2 is 2.16 bits per heavy atom. The van der Waals surface area contributed by atoms with Gasteiger partial charge in [0, 0.05) is 37.1 Å². The van der Waals surface area contributed by atoms with Gasteiger partial charge in [0.25, 0.3) is 0 Å². The number of aliphatic hydroxyl groups excluding tert-OH is 1. The van der Waals surface area contributed by atoms with Crippen LogP contribution in [-0.2, 0) is 4.79 Å². The van der Waals surface area contributed by atoms with Crippen LogP contribution in [0.3, 0.4) is 0 Å². The van der Waals surface area contributed by atoms with Crippen molar-refractivity contribution in [3.8, 4) is 0 Å². The van der Waals surface area contributed by atoms with Gasteiger partial charge in [-0.1, -0.05) is 6.07 Å². The average Bonchev–Trinajstić information content (AvgIpc) is 2.69. The summed E-state index contributed by atoms with van der Waals surface area (Å²) in [4.78, 5) is 13.6. The van der Waals surface area contributed by atoms with Gasteiger partial charge in [-0.15, -0.1) is 0 Å². The van der Waals surface area contributed by atoms with Gasteiger partial charge in [-0.05, 0) is 31.4 Å². The standard InChI is InChI=1S/C14H21N3O2/c1-17(7-3-2-4-8-18)10-5-6-11-12(9-10)16-14(19)13(11)15/h5-6,9,13,18H,2-4,7-8,15H2,1H3,(H,16,19). The number of unbranched alkanes of at least 4 members (excludes halogenated alkanes) is 2. The molecule has 0 fully saturated rings. The quantitative estimate of drug-likeness (QED) is 0.675. The van der Waals surface area contributed by atoms with Crippen molar-refractivity contribution in [3.63, 3.8) is 0 Å². The molecule has 0 spiro atoms. The Bertz CT molecular complexity index is 462. The molecule has 104 valence electrons. The summed E-state index contributed by atoms with van der Waals surface area (Å²) in [5.74, 6) is -0.141.